The summed E-state index contributed by atoms with van der Waals surface area (Å²) >= 11 is 6.05. The highest BCUT2D eigenvalue weighted by molar-refractivity contribution is 6.18. The predicted octanol–water partition coefficient (Wildman–Crippen LogP) is 3.73. The van der Waals surface area contributed by atoms with E-state index in [2.05, 4.69) is 19.2 Å². The van der Waals surface area contributed by atoms with Gasteiger partial charge in [0.25, 0.3) is 0 Å². The van der Waals surface area contributed by atoms with Crippen LogP contribution >= 0.6 is 11.6 Å². The molecule has 4 saturated carbocycles. The Balaban J connectivity index is 1.76. The van der Waals surface area contributed by atoms with E-state index in [1.807, 2.05) is 0 Å². The van der Waals surface area contributed by atoms with Crippen LogP contribution in [0.1, 0.15) is 58.8 Å². The third kappa shape index (κ3) is 2.30. The van der Waals surface area contributed by atoms with Crippen LogP contribution < -0.4 is 5.32 Å². The van der Waals surface area contributed by atoms with Crippen molar-refractivity contribution >= 4 is 17.5 Å². The first-order valence-corrected chi connectivity index (χ1v) is 8.41. The lowest BCUT2D eigenvalue weighted by atomic mass is 9.49. The molecule has 108 valence electrons. The zero-order valence-corrected chi connectivity index (χ0v) is 12.9. The van der Waals surface area contributed by atoms with E-state index in [1.165, 1.54) is 19.3 Å². The van der Waals surface area contributed by atoms with Crippen LogP contribution in [0.3, 0.4) is 0 Å². The number of amides is 1. The normalized spacial score (nSPS) is 43.0. The summed E-state index contributed by atoms with van der Waals surface area (Å²) < 4.78 is 0. The zero-order valence-electron chi connectivity index (χ0n) is 12.2. The Labute approximate surface area is 121 Å². The number of rotatable bonds is 4. The number of nitrogens with one attached hydrogen (secondary N) is 1. The monoisotopic (exact) mass is 283 g/mol. The quantitative estimate of drug-likeness (QED) is 0.783. The van der Waals surface area contributed by atoms with Crippen LogP contribution in [0.2, 0.25) is 0 Å². The molecule has 0 aliphatic heterocycles. The molecule has 0 aromatic rings. The van der Waals surface area contributed by atoms with E-state index in [-0.39, 0.29) is 11.0 Å². The van der Waals surface area contributed by atoms with Gasteiger partial charge in [0.15, 0.2) is 0 Å². The number of hydrogen-bond acceptors (Lipinski definition) is 1. The molecule has 0 saturated heterocycles. The number of alkyl halides is 1. The van der Waals surface area contributed by atoms with Gasteiger partial charge in [-0.05, 0) is 69.6 Å². The van der Waals surface area contributed by atoms with Gasteiger partial charge >= 0.3 is 0 Å². The molecule has 1 amide bonds. The van der Waals surface area contributed by atoms with Crippen molar-refractivity contribution in [1.82, 2.24) is 5.32 Å². The Morgan fingerprint density at radius 3 is 2.05 bits per heavy atom. The molecule has 2 nitrogen and oxygen atoms in total. The van der Waals surface area contributed by atoms with E-state index in [9.17, 15) is 4.79 Å². The minimum Gasteiger partial charge on any atom is -0.349 e. The van der Waals surface area contributed by atoms with Gasteiger partial charge < -0.3 is 5.32 Å². The van der Waals surface area contributed by atoms with Crippen molar-refractivity contribution in [3.63, 3.8) is 0 Å². The van der Waals surface area contributed by atoms with Crippen LogP contribution in [0.25, 0.3) is 0 Å². The standard InChI is InChI=1S/C16H26ClNO/c1-3-15(2,10-17)18-14(19)16-7-11-4-12(8-16)6-13(5-11)9-16/h11-13H,3-10H2,1-2H3,(H,18,19). The Kier molecular flexibility index (Phi) is 3.36. The van der Waals surface area contributed by atoms with E-state index in [0.717, 1.165) is 43.4 Å². The third-order valence-electron chi connectivity index (χ3n) is 6.01. The highest BCUT2D eigenvalue weighted by atomic mass is 35.5. The second kappa shape index (κ2) is 4.65. The predicted molar refractivity (Wildman–Crippen MR) is 78.2 cm³/mol. The maximum absolute atomic E-state index is 12.9. The van der Waals surface area contributed by atoms with Crippen LogP contribution in [0, 0.1) is 23.2 Å². The van der Waals surface area contributed by atoms with Crippen LogP contribution in [-0.2, 0) is 4.79 Å². The van der Waals surface area contributed by atoms with E-state index in [0.29, 0.717) is 11.8 Å². The molecule has 1 unspecified atom stereocenters. The number of hydrogen-bond donors (Lipinski definition) is 1. The van der Waals surface area contributed by atoms with Gasteiger partial charge in [0.05, 0.1) is 5.54 Å². The van der Waals surface area contributed by atoms with E-state index < -0.39 is 0 Å². The molecule has 19 heavy (non-hydrogen) atoms. The molecular formula is C16H26ClNO. The smallest absolute Gasteiger partial charge is 0.226 e. The molecule has 1 N–H and O–H groups in total. The fourth-order valence-corrected chi connectivity index (χ4v) is 5.27. The van der Waals surface area contributed by atoms with Crippen molar-refractivity contribution in [3.05, 3.63) is 0 Å². The molecular weight excluding hydrogens is 258 g/mol. The van der Waals surface area contributed by atoms with Crippen LogP contribution in [0.5, 0.6) is 0 Å². The first-order valence-electron chi connectivity index (χ1n) is 7.87. The number of halogens is 1. The first-order chi connectivity index (χ1) is 8.98. The molecule has 1 atom stereocenters. The van der Waals surface area contributed by atoms with Gasteiger partial charge in [-0.15, -0.1) is 11.6 Å². The molecule has 3 heteroatoms. The summed E-state index contributed by atoms with van der Waals surface area (Å²) in [6, 6.07) is 0. The largest absolute Gasteiger partial charge is 0.349 e. The van der Waals surface area contributed by atoms with Gasteiger partial charge in [-0.2, -0.15) is 0 Å². The minimum absolute atomic E-state index is 0.0444. The number of carbonyl (C=O) groups excluding carboxylic acids is 1. The second-order valence-corrected chi connectivity index (χ2v) is 7.97. The fourth-order valence-electron chi connectivity index (χ4n) is 5.01. The summed E-state index contributed by atoms with van der Waals surface area (Å²) in [5.41, 5.74) is -0.279. The number of carbonyl (C=O) groups is 1. The van der Waals surface area contributed by atoms with Crippen molar-refractivity contribution in [2.75, 3.05) is 5.88 Å². The lowest BCUT2D eigenvalue weighted by molar-refractivity contribution is -0.148. The maximum Gasteiger partial charge on any atom is 0.226 e. The molecule has 0 radical (unpaired) electrons. The Morgan fingerprint density at radius 2 is 1.68 bits per heavy atom. The average Bonchev–Trinajstić information content (AvgIpc) is 2.37. The van der Waals surface area contributed by atoms with Crippen molar-refractivity contribution in [1.29, 1.82) is 0 Å². The highest BCUT2D eigenvalue weighted by Crippen LogP contribution is 2.60. The Morgan fingerprint density at radius 1 is 1.21 bits per heavy atom. The van der Waals surface area contributed by atoms with Gasteiger partial charge in [0.2, 0.25) is 5.91 Å². The van der Waals surface area contributed by atoms with Crippen LogP contribution in [-0.4, -0.2) is 17.3 Å². The summed E-state index contributed by atoms with van der Waals surface area (Å²) in [5.74, 6) is 3.26. The molecule has 0 spiro atoms. The Bertz CT molecular complexity index is 340. The highest BCUT2D eigenvalue weighted by Gasteiger charge is 2.55. The van der Waals surface area contributed by atoms with E-state index in [1.54, 1.807) is 0 Å². The summed E-state index contributed by atoms with van der Waals surface area (Å²) in [7, 11) is 0. The van der Waals surface area contributed by atoms with E-state index in [4.69, 9.17) is 11.6 Å². The third-order valence-corrected chi connectivity index (χ3v) is 6.60. The zero-order chi connectivity index (χ0) is 13.7. The molecule has 4 fully saturated rings. The Hall–Kier alpha value is -0.240. The van der Waals surface area contributed by atoms with E-state index >= 15 is 0 Å². The first kappa shape index (κ1) is 13.7. The molecule has 4 bridgehead atoms. The molecule has 4 aliphatic rings. The summed E-state index contributed by atoms with van der Waals surface area (Å²) in [4.78, 5) is 12.9. The van der Waals surface area contributed by atoms with Crippen molar-refractivity contribution in [3.8, 4) is 0 Å². The minimum atomic E-state index is -0.234. The van der Waals surface area contributed by atoms with Crippen molar-refractivity contribution < 1.29 is 4.79 Å². The van der Waals surface area contributed by atoms with Crippen LogP contribution in [0.15, 0.2) is 0 Å². The summed E-state index contributed by atoms with van der Waals surface area (Å²) in [6.45, 7) is 4.17. The lowest BCUT2D eigenvalue weighted by Gasteiger charge is -2.56. The fraction of sp³-hybridized carbons (Fsp3) is 0.938. The van der Waals surface area contributed by atoms with Gasteiger partial charge in [-0.3, -0.25) is 4.79 Å². The molecule has 0 aromatic carbocycles. The maximum atomic E-state index is 12.9. The van der Waals surface area contributed by atoms with Gasteiger partial charge in [0.1, 0.15) is 0 Å². The van der Waals surface area contributed by atoms with Gasteiger partial charge in [0, 0.05) is 11.3 Å². The van der Waals surface area contributed by atoms with Crippen molar-refractivity contribution in [2.24, 2.45) is 23.2 Å². The van der Waals surface area contributed by atoms with Gasteiger partial charge in [-0.25, -0.2) is 0 Å². The van der Waals surface area contributed by atoms with Gasteiger partial charge in [-0.1, -0.05) is 6.92 Å². The van der Waals surface area contributed by atoms with Crippen LogP contribution in [0.4, 0.5) is 0 Å². The molecule has 4 rings (SSSR count). The SMILES string of the molecule is CCC(C)(CCl)NC(=O)C12CC3CC(CC(C3)C1)C2. The summed E-state index contributed by atoms with van der Waals surface area (Å²) in [5, 5.41) is 3.28. The molecule has 0 aromatic heterocycles. The molecule has 0 heterocycles. The topological polar surface area (TPSA) is 29.1 Å². The molecule has 4 aliphatic carbocycles. The van der Waals surface area contributed by atoms with Crippen molar-refractivity contribution in [2.45, 2.75) is 64.3 Å². The summed E-state index contributed by atoms with van der Waals surface area (Å²) in [6.07, 6.45) is 8.44. The second-order valence-electron chi connectivity index (χ2n) is 7.70. The lowest BCUT2D eigenvalue weighted by Crippen LogP contribution is -2.58. The average molecular weight is 284 g/mol.